The first kappa shape index (κ1) is 21.8. The predicted octanol–water partition coefficient (Wildman–Crippen LogP) is 4.26. The zero-order chi connectivity index (χ0) is 20.6. The van der Waals surface area contributed by atoms with Gasteiger partial charge in [-0.15, -0.1) is 13.2 Å². The quantitative estimate of drug-likeness (QED) is 0.681. The molecule has 1 aliphatic carbocycles. The molecule has 2 rings (SSSR count). The summed E-state index contributed by atoms with van der Waals surface area (Å²) in [5.41, 5.74) is 5.86. The number of nitrogens with one attached hydrogen (secondary N) is 1. The molecule has 28 heavy (non-hydrogen) atoms. The lowest BCUT2D eigenvalue weighted by Gasteiger charge is -2.23. The second-order valence-electron chi connectivity index (χ2n) is 6.93. The van der Waals surface area contributed by atoms with E-state index in [2.05, 4.69) is 10.1 Å². The molecule has 1 saturated carbocycles. The zero-order valence-corrected chi connectivity index (χ0v) is 15.6. The molecular formula is C19H26F3N3O3. The molecule has 0 unspecified atom stereocenters. The third-order valence-corrected chi connectivity index (χ3v) is 4.81. The first-order valence-corrected chi connectivity index (χ1v) is 9.44. The molecule has 9 heteroatoms. The van der Waals surface area contributed by atoms with Gasteiger partial charge in [-0.3, -0.25) is 9.69 Å². The molecule has 0 saturated heterocycles. The Bertz CT molecular complexity index is 644. The van der Waals surface area contributed by atoms with E-state index in [1.165, 1.54) is 43.5 Å². The topological polar surface area (TPSA) is 84.7 Å². The molecular weight excluding hydrogens is 375 g/mol. The average Bonchev–Trinajstić information content (AvgIpc) is 2.64. The van der Waals surface area contributed by atoms with E-state index in [1.54, 1.807) is 0 Å². The number of anilines is 1. The van der Waals surface area contributed by atoms with Crippen molar-refractivity contribution in [1.82, 2.24) is 4.90 Å². The van der Waals surface area contributed by atoms with E-state index < -0.39 is 12.4 Å². The fourth-order valence-corrected chi connectivity index (χ4v) is 3.38. The number of hydrogen-bond donors (Lipinski definition) is 2. The van der Waals surface area contributed by atoms with E-state index >= 15 is 0 Å². The first-order chi connectivity index (χ1) is 13.2. The smallest absolute Gasteiger partial charge is 0.406 e. The molecule has 0 atom stereocenters. The molecule has 1 aliphatic rings. The molecule has 0 heterocycles. The molecule has 0 radical (unpaired) electrons. The molecule has 1 aromatic carbocycles. The molecule has 1 aromatic rings. The van der Waals surface area contributed by atoms with Crippen molar-refractivity contribution < 1.29 is 27.5 Å². The Morgan fingerprint density at radius 3 is 2.36 bits per heavy atom. The van der Waals surface area contributed by atoms with Crippen molar-refractivity contribution >= 4 is 17.6 Å². The minimum Gasteiger partial charge on any atom is -0.406 e. The number of amides is 3. The van der Waals surface area contributed by atoms with Crippen molar-refractivity contribution in [2.75, 3.05) is 18.4 Å². The lowest BCUT2D eigenvalue weighted by molar-refractivity contribution is -0.274. The summed E-state index contributed by atoms with van der Waals surface area (Å²) in [4.78, 5) is 24.9. The second-order valence-corrected chi connectivity index (χ2v) is 6.93. The highest BCUT2D eigenvalue weighted by atomic mass is 19.4. The summed E-state index contributed by atoms with van der Waals surface area (Å²) in [5.74, 6) is -0.0912. The van der Waals surface area contributed by atoms with Crippen molar-refractivity contribution in [3.63, 3.8) is 0 Å². The zero-order valence-electron chi connectivity index (χ0n) is 15.6. The number of hydrogen-bond acceptors (Lipinski definition) is 4. The summed E-state index contributed by atoms with van der Waals surface area (Å²) in [6, 6.07) is 4.39. The van der Waals surface area contributed by atoms with Crippen LogP contribution in [0.1, 0.15) is 44.9 Å². The van der Waals surface area contributed by atoms with E-state index in [-0.39, 0.29) is 31.2 Å². The molecule has 0 spiro atoms. The van der Waals surface area contributed by atoms with E-state index in [0.29, 0.717) is 11.6 Å². The van der Waals surface area contributed by atoms with E-state index in [1.807, 2.05) is 0 Å². The number of alkyl halides is 3. The number of primary amides is 1. The Morgan fingerprint density at radius 1 is 1.14 bits per heavy atom. The molecule has 3 amide bonds. The van der Waals surface area contributed by atoms with Crippen LogP contribution in [-0.4, -0.2) is 36.3 Å². The normalized spacial score (nSPS) is 15.1. The number of nitrogens with two attached hydrogens (primary N) is 1. The monoisotopic (exact) mass is 401 g/mol. The Labute approximate surface area is 162 Å². The van der Waals surface area contributed by atoms with Gasteiger partial charge in [0.25, 0.3) is 0 Å². The number of benzene rings is 1. The van der Waals surface area contributed by atoms with Crippen LogP contribution in [0.3, 0.4) is 0 Å². The van der Waals surface area contributed by atoms with E-state index in [0.717, 1.165) is 24.2 Å². The van der Waals surface area contributed by atoms with Gasteiger partial charge < -0.3 is 15.8 Å². The van der Waals surface area contributed by atoms with Crippen LogP contribution in [0.5, 0.6) is 5.75 Å². The number of ether oxygens (including phenoxy) is 1. The van der Waals surface area contributed by atoms with Crippen LogP contribution >= 0.6 is 0 Å². The second kappa shape index (κ2) is 10.2. The fourth-order valence-electron chi connectivity index (χ4n) is 3.38. The average molecular weight is 401 g/mol. The number of urea groups is 1. The molecule has 6 nitrogen and oxygen atoms in total. The SMILES string of the molecule is NC(=O)N(CCNc1ccc(OC(F)(F)F)cc1)C(=O)CCC1CCCCC1. The third kappa shape index (κ3) is 7.66. The van der Waals surface area contributed by atoms with Crippen molar-refractivity contribution in [2.24, 2.45) is 11.7 Å². The summed E-state index contributed by atoms with van der Waals surface area (Å²) in [5, 5.41) is 2.94. The lowest BCUT2D eigenvalue weighted by atomic mass is 9.86. The maximum Gasteiger partial charge on any atom is 0.573 e. The first-order valence-electron chi connectivity index (χ1n) is 9.44. The van der Waals surface area contributed by atoms with Gasteiger partial charge in [-0.2, -0.15) is 0 Å². The van der Waals surface area contributed by atoms with Crippen molar-refractivity contribution in [1.29, 1.82) is 0 Å². The highest BCUT2D eigenvalue weighted by Gasteiger charge is 2.31. The van der Waals surface area contributed by atoms with Crippen LogP contribution in [0.25, 0.3) is 0 Å². The number of nitrogens with zero attached hydrogens (tertiary/aromatic N) is 1. The largest absolute Gasteiger partial charge is 0.573 e. The number of carbonyl (C=O) groups excluding carboxylic acids is 2. The molecule has 0 bridgehead atoms. The standard InChI is InChI=1S/C19H26F3N3O3/c20-19(21,22)28-16-9-7-15(8-10-16)24-12-13-25(18(23)27)17(26)11-6-14-4-2-1-3-5-14/h7-10,14,24H,1-6,11-13H2,(H2,23,27). The maximum absolute atomic E-state index is 12.3. The van der Waals surface area contributed by atoms with E-state index in [9.17, 15) is 22.8 Å². The summed E-state index contributed by atoms with van der Waals surface area (Å²) in [6.07, 6.45) is 2.18. The minimum absolute atomic E-state index is 0.0830. The van der Waals surface area contributed by atoms with Crippen LogP contribution in [0.15, 0.2) is 24.3 Å². The summed E-state index contributed by atoms with van der Waals surface area (Å²) >= 11 is 0. The maximum atomic E-state index is 12.3. The number of halogens is 3. The Balaban J connectivity index is 1.77. The number of carbonyl (C=O) groups is 2. The van der Waals surface area contributed by atoms with Gasteiger partial charge in [0.05, 0.1) is 0 Å². The Kier molecular flexibility index (Phi) is 7.95. The molecule has 3 N–H and O–H groups in total. The highest BCUT2D eigenvalue weighted by Crippen LogP contribution is 2.27. The highest BCUT2D eigenvalue weighted by molar-refractivity contribution is 5.93. The number of rotatable bonds is 8. The van der Waals surface area contributed by atoms with Crippen molar-refractivity contribution in [3.05, 3.63) is 24.3 Å². The Morgan fingerprint density at radius 2 is 1.79 bits per heavy atom. The summed E-state index contributed by atoms with van der Waals surface area (Å²) in [6.45, 7) is 0.317. The van der Waals surface area contributed by atoms with Crippen LogP contribution in [0.2, 0.25) is 0 Å². The van der Waals surface area contributed by atoms with Gasteiger partial charge in [-0.25, -0.2) is 4.79 Å². The molecule has 156 valence electrons. The van der Waals surface area contributed by atoms with Gasteiger partial charge >= 0.3 is 12.4 Å². The Hall–Kier alpha value is -2.45. The van der Waals surface area contributed by atoms with Gasteiger partial charge in [0.2, 0.25) is 5.91 Å². The predicted molar refractivity (Wildman–Crippen MR) is 98.7 cm³/mol. The van der Waals surface area contributed by atoms with Crippen LogP contribution in [0, 0.1) is 5.92 Å². The van der Waals surface area contributed by atoms with Crippen molar-refractivity contribution in [3.8, 4) is 5.75 Å². The van der Waals surface area contributed by atoms with Gasteiger partial charge in [0, 0.05) is 25.2 Å². The summed E-state index contributed by atoms with van der Waals surface area (Å²) < 4.78 is 40.2. The molecule has 0 aliphatic heterocycles. The summed E-state index contributed by atoms with van der Waals surface area (Å²) in [7, 11) is 0. The lowest BCUT2D eigenvalue weighted by Crippen LogP contribution is -2.43. The van der Waals surface area contributed by atoms with Crippen LogP contribution in [-0.2, 0) is 4.79 Å². The van der Waals surface area contributed by atoms with Crippen molar-refractivity contribution in [2.45, 2.75) is 51.3 Å². The molecule has 1 fully saturated rings. The minimum atomic E-state index is -4.74. The molecule has 0 aromatic heterocycles. The third-order valence-electron chi connectivity index (χ3n) is 4.81. The van der Waals surface area contributed by atoms with Gasteiger partial charge in [0.1, 0.15) is 5.75 Å². The van der Waals surface area contributed by atoms with E-state index in [4.69, 9.17) is 5.73 Å². The number of imide groups is 1. The van der Waals surface area contributed by atoms with Crippen LogP contribution < -0.4 is 15.8 Å². The van der Waals surface area contributed by atoms with Gasteiger partial charge in [-0.05, 0) is 36.6 Å². The van der Waals surface area contributed by atoms with Gasteiger partial charge in [0.15, 0.2) is 0 Å². The van der Waals surface area contributed by atoms with Crippen LogP contribution in [0.4, 0.5) is 23.7 Å². The van der Waals surface area contributed by atoms with Gasteiger partial charge in [-0.1, -0.05) is 32.1 Å². The fraction of sp³-hybridized carbons (Fsp3) is 0.579.